The maximum atomic E-state index is 12.0. The van der Waals surface area contributed by atoms with E-state index < -0.39 is 10.8 Å². The van der Waals surface area contributed by atoms with Gasteiger partial charge in [-0.25, -0.2) is 4.68 Å². The summed E-state index contributed by atoms with van der Waals surface area (Å²) in [4.78, 5) is 12.0. The molecule has 0 aliphatic heterocycles. The van der Waals surface area contributed by atoms with E-state index in [0.29, 0.717) is 17.1 Å². The van der Waals surface area contributed by atoms with Crippen LogP contribution in [0.1, 0.15) is 17.4 Å². The number of nitrogens with two attached hydrogens (primary N) is 1. The first kappa shape index (κ1) is 15.2. The molecule has 0 spiro atoms. The van der Waals surface area contributed by atoms with E-state index in [1.54, 1.807) is 35.3 Å². The number of aromatic nitrogens is 2. The molecule has 0 saturated carbocycles. The second-order valence-electron chi connectivity index (χ2n) is 4.85. The number of benzene rings is 1. The number of anilines is 1. The van der Waals surface area contributed by atoms with Gasteiger partial charge in [0.1, 0.15) is 0 Å². The van der Waals surface area contributed by atoms with Gasteiger partial charge in [-0.2, -0.15) is 5.10 Å². The Morgan fingerprint density at radius 2 is 2.24 bits per heavy atom. The number of nitrogen functional groups attached to an aromatic ring is 1. The molecular formula is C14H18N4O2S. The van der Waals surface area contributed by atoms with Crippen molar-refractivity contribution in [2.24, 2.45) is 0 Å². The lowest BCUT2D eigenvalue weighted by Crippen LogP contribution is -2.36. The summed E-state index contributed by atoms with van der Waals surface area (Å²) in [6.07, 6.45) is 3.31. The standard InChI is InChI=1S/C14H18N4O2S/c1-10(9-21(2)20)16-14(19)13-6-7-18(17-13)12-5-3-4-11(15)8-12/h3-8,10H,9,15H2,1-2H3,(H,16,19). The molecule has 2 rings (SSSR count). The third-order valence-corrected chi connectivity index (χ3v) is 3.79. The van der Waals surface area contributed by atoms with Crippen LogP contribution < -0.4 is 11.1 Å². The molecule has 1 amide bonds. The van der Waals surface area contributed by atoms with Crippen LogP contribution in [0.2, 0.25) is 0 Å². The molecule has 0 aliphatic carbocycles. The van der Waals surface area contributed by atoms with E-state index in [4.69, 9.17) is 5.73 Å². The van der Waals surface area contributed by atoms with Crippen LogP contribution in [-0.2, 0) is 10.8 Å². The molecular weight excluding hydrogens is 288 g/mol. The van der Waals surface area contributed by atoms with Crippen molar-refractivity contribution in [1.29, 1.82) is 0 Å². The van der Waals surface area contributed by atoms with Crippen molar-refractivity contribution in [2.45, 2.75) is 13.0 Å². The maximum absolute atomic E-state index is 12.0. The molecule has 0 bridgehead atoms. The van der Waals surface area contributed by atoms with Crippen molar-refractivity contribution in [3.8, 4) is 5.69 Å². The van der Waals surface area contributed by atoms with Gasteiger partial charge in [0.05, 0.1) is 5.69 Å². The fourth-order valence-corrected chi connectivity index (χ4v) is 2.74. The van der Waals surface area contributed by atoms with Gasteiger partial charge in [0, 0.05) is 40.7 Å². The number of hydrogen-bond acceptors (Lipinski definition) is 4. The molecule has 21 heavy (non-hydrogen) atoms. The number of carbonyl (C=O) groups is 1. The Morgan fingerprint density at radius 3 is 2.90 bits per heavy atom. The second-order valence-corrected chi connectivity index (χ2v) is 6.33. The maximum Gasteiger partial charge on any atom is 0.272 e. The highest BCUT2D eigenvalue weighted by Crippen LogP contribution is 2.11. The van der Waals surface area contributed by atoms with Gasteiger partial charge >= 0.3 is 0 Å². The van der Waals surface area contributed by atoms with E-state index in [0.717, 1.165) is 5.69 Å². The molecule has 3 N–H and O–H groups in total. The van der Waals surface area contributed by atoms with Crippen LogP contribution in [0.25, 0.3) is 5.69 Å². The first-order valence-corrected chi connectivity index (χ1v) is 8.21. The average molecular weight is 306 g/mol. The fraction of sp³-hybridized carbons (Fsp3) is 0.286. The topological polar surface area (TPSA) is 90.0 Å². The van der Waals surface area contributed by atoms with E-state index in [1.165, 1.54) is 0 Å². The molecule has 0 radical (unpaired) electrons. The van der Waals surface area contributed by atoms with Crippen LogP contribution in [0, 0.1) is 0 Å². The monoisotopic (exact) mass is 306 g/mol. The van der Waals surface area contributed by atoms with E-state index >= 15 is 0 Å². The Hall–Kier alpha value is -2.15. The van der Waals surface area contributed by atoms with Gasteiger partial charge in [0.15, 0.2) is 5.69 Å². The van der Waals surface area contributed by atoms with Gasteiger partial charge in [-0.05, 0) is 31.2 Å². The quantitative estimate of drug-likeness (QED) is 0.805. The van der Waals surface area contributed by atoms with E-state index in [1.807, 2.05) is 19.1 Å². The van der Waals surface area contributed by atoms with Gasteiger partial charge in [0.25, 0.3) is 5.91 Å². The molecule has 2 aromatic rings. The van der Waals surface area contributed by atoms with Crippen LogP contribution in [0.5, 0.6) is 0 Å². The average Bonchev–Trinajstić information content (AvgIpc) is 2.87. The predicted octanol–water partition coefficient (Wildman–Crippen LogP) is 0.951. The Bertz CT molecular complexity index is 668. The fourth-order valence-electron chi connectivity index (χ4n) is 1.95. The van der Waals surface area contributed by atoms with Crippen molar-refractivity contribution < 1.29 is 9.00 Å². The van der Waals surface area contributed by atoms with Crippen molar-refractivity contribution >= 4 is 22.4 Å². The molecule has 1 heterocycles. The number of rotatable bonds is 5. The smallest absolute Gasteiger partial charge is 0.272 e. The van der Waals surface area contributed by atoms with Crippen molar-refractivity contribution in [2.75, 3.05) is 17.7 Å². The summed E-state index contributed by atoms with van der Waals surface area (Å²) in [6.45, 7) is 1.81. The minimum Gasteiger partial charge on any atom is -0.399 e. The highest BCUT2D eigenvalue weighted by molar-refractivity contribution is 7.84. The van der Waals surface area contributed by atoms with E-state index in [-0.39, 0.29) is 11.9 Å². The zero-order valence-electron chi connectivity index (χ0n) is 11.9. The first-order valence-electron chi connectivity index (χ1n) is 6.48. The lowest BCUT2D eigenvalue weighted by Gasteiger charge is -2.10. The SMILES string of the molecule is CC(CS(C)=O)NC(=O)c1ccn(-c2cccc(N)c2)n1. The summed E-state index contributed by atoms with van der Waals surface area (Å²) in [7, 11) is -0.950. The van der Waals surface area contributed by atoms with Crippen molar-refractivity contribution in [1.82, 2.24) is 15.1 Å². The zero-order valence-corrected chi connectivity index (χ0v) is 12.8. The third-order valence-electron chi connectivity index (χ3n) is 2.82. The lowest BCUT2D eigenvalue weighted by atomic mass is 10.3. The molecule has 112 valence electrons. The van der Waals surface area contributed by atoms with Crippen LogP contribution in [0.4, 0.5) is 5.69 Å². The molecule has 0 saturated heterocycles. The Morgan fingerprint density at radius 1 is 1.48 bits per heavy atom. The number of amides is 1. The lowest BCUT2D eigenvalue weighted by molar-refractivity contribution is 0.0938. The molecule has 2 atom stereocenters. The van der Waals surface area contributed by atoms with Crippen molar-refractivity contribution in [3.05, 3.63) is 42.2 Å². The Labute approximate surface area is 125 Å². The molecule has 7 heteroatoms. The minimum atomic E-state index is -0.950. The van der Waals surface area contributed by atoms with Crippen LogP contribution in [0.3, 0.4) is 0 Å². The summed E-state index contributed by atoms with van der Waals surface area (Å²) in [5.74, 6) is 0.136. The summed E-state index contributed by atoms with van der Waals surface area (Å²) in [5, 5.41) is 7.00. The highest BCUT2D eigenvalue weighted by atomic mass is 32.2. The number of carbonyl (C=O) groups excluding carboxylic acids is 1. The highest BCUT2D eigenvalue weighted by Gasteiger charge is 2.14. The normalized spacial score (nSPS) is 13.6. The molecule has 0 aliphatic rings. The number of nitrogens with one attached hydrogen (secondary N) is 1. The first-order chi connectivity index (χ1) is 9.95. The summed E-state index contributed by atoms with van der Waals surface area (Å²) in [5.41, 5.74) is 7.46. The van der Waals surface area contributed by atoms with E-state index in [2.05, 4.69) is 10.4 Å². The van der Waals surface area contributed by atoms with Crippen LogP contribution in [-0.4, -0.2) is 37.9 Å². The van der Waals surface area contributed by atoms with E-state index in [9.17, 15) is 9.00 Å². The van der Waals surface area contributed by atoms with Crippen molar-refractivity contribution in [3.63, 3.8) is 0 Å². The Kier molecular flexibility index (Phi) is 4.74. The molecule has 2 unspecified atom stereocenters. The summed E-state index contributed by atoms with van der Waals surface area (Å²) < 4.78 is 12.7. The van der Waals surface area contributed by atoms with Gasteiger partial charge in [-0.15, -0.1) is 0 Å². The third kappa shape index (κ3) is 4.16. The number of nitrogens with zero attached hydrogens (tertiary/aromatic N) is 2. The molecule has 0 fully saturated rings. The predicted molar refractivity (Wildman–Crippen MR) is 83.8 cm³/mol. The van der Waals surface area contributed by atoms with Gasteiger partial charge < -0.3 is 11.1 Å². The number of hydrogen-bond donors (Lipinski definition) is 2. The largest absolute Gasteiger partial charge is 0.399 e. The van der Waals surface area contributed by atoms with Gasteiger partial charge in [-0.3, -0.25) is 9.00 Å². The van der Waals surface area contributed by atoms with Crippen LogP contribution >= 0.6 is 0 Å². The molecule has 1 aromatic carbocycles. The summed E-state index contributed by atoms with van der Waals surface area (Å²) in [6, 6.07) is 8.71. The Balaban J connectivity index is 2.09. The zero-order chi connectivity index (χ0) is 15.4. The molecule has 1 aromatic heterocycles. The van der Waals surface area contributed by atoms with Gasteiger partial charge in [0.2, 0.25) is 0 Å². The second kappa shape index (κ2) is 6.53. The van der Waals surface area contributed by atoms with Crippen LogP contribution in [0.15, 0.2) is 36.5 Å². The minimum absolute atomic E-state index is 0.166. The van der Waals surface area contributed by atoms with Gasteiger partial charge in [-0.1, -0.05) is 6.07 Å². The summed E-state index contributed by atoms with van der Waals surface area (Å²) >= 11 is 0. The molecule has 6 nitrogen and oxygen atoms in total.